The fourth-order valence-corrected chi connectivity index (χ4v) is 13.8. The highest BCUT2D eigenvalue weighted by molar-refractivity contribution is 5.82. The lowest BCUT2D eigenvalue weighted by molar-refractivity contribution is 0.122. The number of pyridine rings is 2. The topological polar surface area (TPSA) is 377 Å². The van der Waals surface area contributed by atoms with E-state index in [-0.39, 0.29) is 25.2 Å². The molecule has 0 unspecified atom stereocenters. The lowest BCUT2D eigenvalue weighted by Gasteiger charge is -2.28. The third-order valence-electron chi connectivity index (χ3n) is 20.5. The van der Waals surface area contributed by atoms with E-state index in [0.29, 0.717) is 126 Å². The molecule has 5 fully saturated rings. The predicted octanol–water partition coefficient (Wildman–Crippen LogP) is 11.8. The highest BCUT2D eigenvalue weighted by atomic mass is 16.5. The Morgan fingerprint density at radius 2 is 0.672 bits per heavy atom. The molecule has 0 amide bonds. The number of hydrazone groups is 4. The van der Waals surface area contributed by atoms with E-state index in [2.05, 4.69) is 193 Å². The Balaban J connectivity index is 0.000000141. The van der Waals surface area contributed by atoms with Crippen molar-refractivity contribution in [3.8, 4) is 24.0 Å². The Morgan fingerprint density at radius 3 is 1.04 bits per heavy atom. The number of nitrogens with zero attached hydrogens (tertiary/aromatic N) is 23. The van der Waals surface area contributed by atoms with E-state index in [1.807, 2.05) is 156 Å². The number of nitrogens with one attached hydrogen (secondary N) is 4. The van der Waals surface area contributed by atoms with Gasteiger partial charge in [-0.15, -0.1) is 0 Å². The van der Waals surface area contributed by atoms with Crippen molar-refractivity contribution in [2.75, 3.05) is 191 Å². The van der Waals surface area contributed by atoms with Crippen molar-refractivity contribution in [3.05, 3.63) is 267 Å². The van der Waals surface area contributed by atoms with Gasteiger partial charge in [0.2, 0.25) is 0 Å². The van der Waals surface area contributed by atoms with Crippen LogP contribution in [0.4, 0.5) is 52.2 Å². The summed E-state index contributed by atoms with van der Waals surface area (Å²) >= 11 is 0. The van der Waals surface area contributed by atoms with Crippen LogP contribution in [0.2, 0.25) is 0 Å². The number of aryl methyl sites for hydroxylation is 7. The number of benzene rings is 4. The van der Waals surface area contributed by atoms with Crippen molar-refractivity contribution in [1.29, 1.82) is 0 Å². The fourth-order valence-electron chi connectivity index (χ4n) is 13.8. The third-order valence-corrected chi connectivity index (χ3v) is 20.5. The Labute approximate surface area is 762 Å². The number of aromatic nitrogens is 14. The predicted molar refractivity (Wildman–Crippen MR) is 507 cm³/mol. The molecule has 131 heavy (non-hydrogen) atoms. The van der Waals surface area contributed by atoms with Gasteiger partial charge in [0.05, 0.1) is 116 Å². The second-order valence-electron chi connectivity index (χ2n) is 31.1. The molecule has 13 heterocycles. The molecule has 0 aliphatic carbocycles. The fraction of sp³-hybridized carbons (Fsp3) is 0.347. The smallest absolute Gasteiger partial charge is 0.320 e. The van der Waals surface area contributed by atoms with Gasteiger partial charge in [-0.25, -0.2) is 19.9 Å². The van der Waals surface area contributed by atoms with Crippen LogP contribution in [-0.2, 0) is 49.7 Å². The second kappa shape index (κ2) is 49.2. The Bertz CT molecular complexity index is 5660. The van der Waals surface area contributed by atoms with Crippen LogP contribution in [0.3, 0.4) is 0 Å². The van der Waals surface area contributed by atoms with Crippen LogP contribution in [0, 0.1) is 48.5 Å². The van der Waals surface area contributed by atoms with Crippen LogP contribution in [0.15, 0.2) is 203 Å². The zero-order chi connectivity index (χ0) is 90.4. The van der Waals surface area contributed by atoms with Crippen LogP contribution >= 0.6 is 0 Å². The van der Waals surface area contributed by atoms with E-state index in [9.17, 15) is 0 Å². The van der Waals surface area contributed by atoms with E-state index in [1.54, 1.807) is 43.4 Å². The zero-order valence-corrected chi connectivity index (χ0v) is 75.0. The summed E-state index contributed by atoms with van der Waals surface area (Å²) in [6.07, 6.45) is 15.6. The van der Waals surface area contributed by atoms with Gasteiger partial charge in [0.15, 0.2) is 48.1 Å². The Morgan fingerprint density at radius 1 is 0.305 bits per heavy atom. The summed E-state index contributed by atoms with van der Waals surface area (Å²) < 4.78 is 50.8. The lowest BCUT2D eigenvalue weighted by atomic mass is 10.2. The van der Waals surface area contributed by atoms with Crippen molar-refractivity contribution in [3.63, 3.8) is 0 Å². The zero-order valence-electron chi connectivity index (χ0n) is 75.0. The molecule has 0 radical (unpaired) electrons. The molecule has 0 saturated carbocycles. The summed E-state index contributed by atoms with van der Waals surface area (Å²) in [5.41, 5.74) is 26.6. The third kappa shape index (κ3) is 30.9. The molecule has 4 aromatic carbocycles. The highest BCUT2D eigenvalue weighted by Gasteiger charge is 2.22. The minimum Gasteiger partial charge on any atom is -0.463 e. The molecule has 8 aromatic heterocycles. The standard InChI is InChI=1S/C27H33N7O3.C23H27N7O2.C23H26N6O2.C22H25N7O2/c1-21-3-2-4-22(17-21)19-29-32-25-18-26(34-10-15-36-16-11-34)31-27(30-25)37-12-7-23-5-6-24(20-28-23)33-8-13-35-14-9-33;1-16-5-4-6-19(11-16)14-24-29-20-13-22(30-7-9-31-10-8-30)28-23(27-20)32-15-21-25-17(2)12-18(3)26-21;1-18-5-7-19(8-6-18)17-25-28-21-16-22(29-11-14-30-15-12-29)27-23(26-21)31-13-9-20-4-2-3-10-24-20;1-16-4-3-5-18(10-16)14-25-28-19-11-21(29-6-8-30-9-7-29)27-22(26-19)31-15-20-23-12-17(2)13-24-20/h2-6,17-20H,7-16H2,1H3,(H,30,31,32);4-6,11-14H,7-10,15H2,1-3H3,(H,27,28,29);2-8,10,16-17H,9,11-15H2,1H3,(H,26,27,28);3-5,10-14H,6-9,15H2,1-2H3,(H,26,27,28)/b29-19+;24-14+;25-17+;25-14+. The van der Waals surface area contributed by atoms with Gasteiger partial charge < -0.3 is 67.1 Å². The summed E-state index contributed by atoms with van der Waals surface area (Å²) in [7, 11) is 0. The number of ether oxygens (including phenoxy) is 9. The first-order valence-electron chi connectivity index (χ1n) is 43.8. The quantitative estimate of drug-likeness (QED) is 0.0232. The maximum atomic E-state index is 5.97. The summed E-state index contributed by atoms with van der Waals surface area (Å²) in [5.74, 6) is 6.49. The summed E-state index contributed by atoms with van der Waals surface area (Å²) in [5, 5.41) is 17.3. The monoisotopic (exact) mass is 1770 g/mol. The van der Waals surface area contributed by atoms with Crippen LogP contribution in [-0.4, -0.2) is 239 Å². The first-order chi connectivity index (χ1) is 64.2. The minimum atomic E-state index is 0.179. The van der Waals surface area contributed by atoms with E-state index in [4.69, 9.17) is 42.6 Å². The summed E-state index contributed by atoms with van der Waals surface area (Å²) in [6, 6.07) is 53.0. The summed E-state index contributed by atoms with van der Waals surface area (Å²) in [6.45, 7) is 29.9. The molecule has 17 rings (SSSR count). The molecule has 0 bridgehead atoms. The summed E-state index contributed by atoms with van der Waals surface area (Å²) in [4.78, 5) is 73.5. The van der Waals surface area contributed by atoms with Gasteiger partial charge in [-0.1, -0.05) is 125 Å². The molecule has 5 aliphatic heterocycles. The van der Waals surface area contributed by atoms with Gasteiger partial charge in [-0.2, -0.15) is 60.3 Å². The molecular formula is C95H111N27O9. The molecule has 5 aliphatic rings. The van der Waals surface area contributed by atoms with Gasteiger partial charge in [-0.3, -0.25) is 31.7 Å². The van der Waals surface area contributed by atoms with Crippen molar-refractivity contribution in [2.24, 2.45) is 20.4 Å². The first-order valence-corrected chi connectivity index (χ1v) is 43.8. The first kappa shape index (κ1) is 92.7. The second-order valence-corrected chi connectivity index (χ2v) is 31.1. The lowest BCUT2D eigenvalue weighted by Crippen LogP contribution is -2.36. The van der Waals surface area contributed by atoms with Crippen molar-refractivity contribution < 1.29 is 42.6 Å². The van der Waals surface area contributed by atoms with Crippen molar-refractivity contribution >= 4 is 77.1 Å². The maximum Gasteiger partial charge on any atom is 0.320 e. The Hall–Kier alpha value is -14.5. The van der Waals surface area contributed by atoms with Crippen molar-refractivity contribution in [2.45, 2.75) is 74.5 Å². The number of rotatable bonds is 31. The molecule has 680 valence electrons. The van der Waals surface area contributed by atoms with E-state index in [0.717, 1.165) is 158 Å². The molecule has 12 aromatic rings. The molecule has 36 heteroatoms. The molecule has 4 N–H and O–H groups in total. The largest absolute Gasteiger partial charge is 0.463 e. The van der Waals surface area contributed by atoms with Crippen LogP contribution < -0.4 is 65.2 Å². The molecule has 0 atom stereocenters. The van der Waals surface area contributed by atoms with Gasteiger partial charge in [0, 0.05) is 144 Å². The number of morpholine rings is 5. The van der Waals surface area contributed by atoms with E-state index >= 15 is 0 Å². The molecular weight excluding hydrogens is 1660 g/mol. The Kier molecular flexibility index (Phi) is 34.8. The normalized spacial score (nSPS) is 14.7. The van der Waals surface area contributed by atoms with Crippen LogP contribution in [0.5, 0.6) is 24.0 Å². The van der Waals surface area contributed by atoms with Gasteiger partial charge >= 0.3 is 24.0 Å². The van der Waals surface area contributed by atoms with Gasteiger partial charge in [-0.05, 0) is 107 Å². The molecule has 36 nitrogen and oxygen atoms in total. The van der Waals surface area contributed by atoms with Gasteiger partial charge in [0.1, 0.15) is 23.3 Å². The molecule has 0 spiro atoms. The van der Waals surface area contributed by atoms with Gasteiger partial charge in [0.25, 0.3) is 0 Å². The number of hydrogen-bond donors (Lipinski definition) is 4. The average Bonchev–Trinajstić information content (AvgIpc) is 0.847. The minimum absolute atomic E-state index is 0.179. The number of hydrogen-bond acceptors (Lipinski definition) is 36. The average molecular weight is 1780 g/mol. The van der Waals surface area contributed by atoms with Crippen LogP contribution in [0.1, 0.15) is 84.5 Å². The van der Waals surface area contributed by atoms with Crippen LogP contribution in [0.25, 0.3) is 0 Å². The molecule has 5 saturated heterocycles. The van der Waals surface area contributed by atoms with E-state index in [1.165, 1.54) is 22.3 Å². The SMILES string of the molecule is Cc1ccc(/C=N/Nc2cc(N3CCOCC3)nc(OCCc3ccccn3)n2)cc1.Cc1cccc(/C=N/Nc2cc(N3CCOCC3)nc(OCCc3ccc(N4CCOCC4)cn3)n2)c1.Cc1cccc(/C=N/Nc2cc(N3CCOCC3)nc(OCc3nc(C)cc(C)n3)n2)c1.Cc1cnc(COc2nc(N/N=C/c3cccc(C)c3)cc(N3CCOCC3)n2)nc1. The van der Waals surface area contributed by atoms with E-state index < -0.39 is 0 Å². The maximum absolute atomic E-state index is 5.97. The highest BCUT2D eigenvalue weighted by Crippen LogP contribution is 2.27. The number of anilines is 9. The van der Waals surface area contributed by atoms with Crippen molar-refractivity contribution in [1.82, 2.24) is 69.8 Å².